The Morgan fingerprint density at radius 1 is 1.03 bits per heavy atom. The monoisotopic (exact) mass is 471 g/mol. The number of aromatic nitrogens is 4. The Morgan fingerprint density at radius 2 is 1.86 bits per heavy atom. The normalized spacial score (nSPS) is 13.7. The predicted molar refractivity (Wildman–Crippen MR) is 138 cm³/mol. The van der Waals surface area contributed by atoms with Gasteiger partial charge in [0.2, 0.25) is 0 Å². The van der Waals surface area contributed by atoms with Crippen LogP contribution in [0.1, 0.15) is 12.8 Å². The summed E-state index contributed by atoms with van der Waals surface area (Å²) < 4.78 is 11.3. The number of hydrogen-bond donors (Lipinski definition) is 2. The molecule has 5 rings (SSSR count). The van der Waals surface area contributed by atoms with Crippen LogP contribution in [0.4, 0.5) is 17.3 Å². The third kappa shape index (κ3) is 5.25. The van der Waals surface area contributed by atoms with Gasteiger partial charge in [-0.2, -0.15) is 0 Å². The molecule has 0 amide bonds. The van der Waals surface area contributed by atoms with E-state index >= 15 is 0 Å². The van der Waals surface area contributed by atoms with Crippen molar-refractivity contribution in [1.29, 1.82) is 0 Å². The highest BCUT2D eigenvalue weighted by molar-refractivity contribution is 5.95. The summed E-state index contributed by atoms with van der Waals surface area (Å²) in [4.78, 5) is 20.6. The third-order valence-corrected chi connectivity index (χ3v) is 6.05. The number of likely N-dealkylation sites (tertiary alicyclic amines) is 1. The van der Waals surface area contributed by atoms with Gasteiger partial charge < -0.3 is 20.1 Å². The van der Waals surface area contributed by atoms with Crippen molar-refractivity contribution in [3.8, 4) is 22.9 Å². The van der Waals surface area contributed by atoms with Gasteiger partial charge in [-0.05, 0) is 62.3 Å². The van der Waals surface area contributed by atoms with E-state index < -0.39 is 0 Å². The lowest BCUT2D eigenvalue weighted by Gasteiger charge is -2.15. The number of rotatable bonds is 9. The van der Waals surface area contributed by atoms with Crippen LogP contribution in [0.5, 0.6) is 11.5 Å². The van der Waals surface area contributed by atoms with Gasteiger partial charge in [-0.25, -0.2) is 15.0 Å². The van der Waals surface area contributed by atoms with Crippen molar-refractivity contribution in [3.05, 3.63) is 55.0 Å². The summed E-state index contributed by atoms with van der Waals surface area (Å²) in [5, 5.41) is 7.28. The van der Waals surface area contributed by atoms with Crippen molar-refractivity contribution in [2.24, 2.45) is 0 Å². The van der Waals surface area contributed by atoms with Gasteiger partial charge in [0, 0.05) is 31.0 Å². The van der Waals surface area contributed by atoms with Gasteiger partial charge in [0.05, 0.1) is 30.4 Å². The van der Waals surface area contributed by atoms with Gasteiger partial charge in [0.1, 0.15) is 29.7 Å². The van der Waals surface area contributed by atoms with Crippen LogP contribution in [-0.4, -0.2) is 65.2 Å². The topological polar surface area (TPSA) is 97.3 Å². The number of ether oxygens (including phenoxy) is 2. The average Bonchev–Trinajstić information content (AvgIpc) is 3.42. The predicted octanol–water partition coefficient (Wildman–Crippen LogP) is 4.36. The lowest BCUT2D eigenvalue weighted by Crippen LogP contribution is -2.25. The van der Waals surface area contributed by atoms with Gasteiger partial charge in [0.25, 0.3) is 0 Å². The van der Waals surface area contributed by atoms with Crippen molar-refractivity contribution in [1.82, 2.24) is 24.8 Å². The van der Waals surface area contributed by atoms with Crippen molar-refractivity contribution in [2.45, 2.75) is 12.8 Å². The summed E-state index contributed by atoms with van der Waals surface area (Å²) in [6.07, 6.45) is 7.70. The number of methoxy groups -OCH3 is 1. The van der Waals surface area contributed by atoms with Crippen molar-refractivity contribution < 1.29 is 9.47 Å². The number of nitrogens with one attached hydrogen (secondary N) is 2. The molecule has 0 radical (unpaired) electrons. The van der Waals surface area contributed by atoms with Gasteiger partial charge >= 0.3 is 0 Å². The molecule has 9 heteroatoms. The Balaban J connectivity index is 1.30. The number of benzene rings is 1. The largest absolute Gasteiger partial charge is 0.494 e. The SMILES string of the molecule is CNc1nc(-c2ccnc(Nc3ccc(OCCN4CCCC4)cc3)c2)nc2cncc(OC)c12. The maximum Gasteiger partial charge on any atom is 0.162 e. The molecule has 0 saturated carbocycles. The third-order valence-electron chi connectivity index (χ3n) is 6.05. The average molecular weight is 472 g/mol. The zero-order valence-corrected chi connectivity index (χ0v) is 20.0. The summed E-state index contributed by atoms with van der Waals surface area (Å²) >= 11 is 0. The Bertz CT molecular complexity index is 1290. The molecule has 0 bridgehead atoms. The molecule has 2 N–H and O–H groups in total. The molecule has 4 aromatic rings. The number of pyridine rings is 2. The minimum Gasteiger partial charge on any atom is -0.494 e. The molecule has 180 valence electrons. The molecular weight excluding hydrogens is 442 g/mol. The van der Waals surface area contributed by atoms with E-state index in [4.69, 9.17) is 19.4 Å². The van der Waals surface area contributed by atoms with E-state index in [1.807, 2.05) is 43.4 Å². The molecule has 0 atom stereocenters. The van der Waals surface area contributed by atoms with Crippen LogP contribution in [0.25, 0.3) is 22.3 Å². The van der Waals surface area contributed by atoms with Crippen LogP contribution in [0.3, 0.4) is 0 Å². The van der Waals surface area contributed by atoms with E-state index in [1.54, 1.807) is 25.7 Å². The van der Waals surface area contributed by atoms with Crippen LogP contribution in [0.15, 0.2) is 55.0 Å². The first kappa shape index (κ1) is 22.8. The Labute approximate surface area is 204 Å². The summed E-state index contributed by atoms with van der Waals surface area (Å²) in [6.45, 7) is 4.05. The highest BCUT2D eigenvalue weighted by atomic mass is 16.5. The second kappa shape index (κ2) is 10.5. The highest BCUT2D eigenvalue weighted by Gasteiger charge is 2.14. The molecule has 9 nitrogen and oxygen atoms in total. The van der Waals surface area contributed by atoms with Crippen LogP contribution < -0.4 is 20.1 Å². The van der Waals surface area contributed by atoms with Crippen LogP contribution in [0, 0.1) is 0 Å². The molecule has 1 aromatic carbocycles. The minimum absolute atomic E-state index is 0.573. The van der Waals surface area contributed by atoms with E-state index in [-0.39, 0.29) is 0 Å². The zero-order valence-electron chi connectivity index (χ0n) is 20.0. The molecule has 3 aromatic heterocycles. The number of anilines is 3. The van der Waals surface area contributed by atoms with Crippen molar-refractivity contribution in [3.63, 3.8) is 0 Å². The molecule has 0 aliphatic carbocycles. The van der Waals surface area contributed by atoms with Crippen molar-refractivity contribution >= 4 is 28.2 Å². The molecule has 1 aliphatic heterocycles. The fourth-order valence-electron chi connectivity index (χ4n) is 4.24. The second-order valence-electron chi connectivity index (χ2n) is 8.36. The molecule has 1 fully saturated rings. The first-order chi connectivity index (χ1) is 17.2. The molecule has 35 heavy (non-hydrogen) atoms. The quantitative estimate of drug-likeness (QED) is 0.369. The Hall–Kier alpha value is -3.98. The van der Waals surface area contributed by atoms with Crippen LogP contribution in [0.2, 0.25) is 0 Å². The molecule has 0 unspecified atom stereocenters. The highest BCUT2D eigenvalue weighted by Crippen LogP contribution is 2.31. The lowest BCUT2D eigenvalue weighted by molar-refractivity contribution is 0.238. The van der Waals surface area contributed by atoms with E-state index in [1.165, 1.54) is 25.9 Å². The summed E-state index contributed by atoms with van der Waals surface area (Å²) in [6, 6.07) is 11.7. The maximum atomic E-state index is 5.90. The number of nitrogens with zero attached hydrogens (tertiary/aromatic N) is 5. The molecule has 1 aliphatic rings. The van der Waals surface area contributed by atoms with E-state index in [9.17, 15) is 0 Å². The Morgan fingerprint density at radius 3 is 2.63 bits per heavy atom. The standard InChI is InChI=1S/C26H29N7O2/c1-27-26-24-21(16-28-17-22(24)34-2)31-25(32-26)18-9-10-29-23(15-18)30-19-5-7-20(8-6-19)35-14-13-33-11-3-4-12-33/h5-10,15-17H,3-4,11-14H2,1-2H3,(H,29,30)(H,27,31,32). The molecule has 0 spiro atoms. The number of fused-ring (bicyclic) bond motifs is 1. The molecule has 1 saturated heterocycles. The summed E-state index contributed by atoms with van der Waals surface area (Å²) in [5.41, 5.74) is 2.46. The zero-order chi connectivity index (χ0) is 24.0. The van der Waals surface area contributed by atoms with Gasteiger partial charge in [-0.3, -0.25) is 9.88 Å². The molecule has 4 heterocycles. The summed E-state index contributed by atoms with van der Waals surface area (Å²) in [7, 11) is 3.43. The lowest BCUT2D eigenvalue weighted by atomic mass is 10.2. The van der Waals surface area contributed by atoms with E-state index in [2.05, 4.69) is 25.5 Å². The molecular formula is C26H29N7O2. The van der Waals surface area contributed by atoms with Crippen LogP contribution >= 0.6 is 0 Å². The second-order valence-corrected chi connectivity index (χ2v) is 8.36. The van der Waals surface area contributed by atoms with Gasteiger partial charge in [-0.1, -0.05) is 0 Å². The first-order valence-electron chi connectivity index (χ1n) is 11.8. The minimum atomic E-state index is 0.573. The van der Waals surface area contributed by atoms with Crippen LogP contribution in [-0.2, 0) is 0 Å². The van der Waals surface area contributed by atoms with Crippen molar-refractivity contribution in [2.75, 3.05) is 51.0 Å². The van der Waals surface area contributed by atoms with E-state index in [0.29, 0.717) is 35.3 Å². The maximum absolute atomic E-state index is 5.90. The van der Waals surface area contributed by atoms with Gasteiger partial charge in [0.15, 0.2) is 5.82 Å². The summed E-state index contributed by atoms with van der Waals surface area (Å²) in [5.74, 6) is 3.44. The fourth-order valence-corrected chi connectivity index (χ4v) is 4.24. The first-order valence-corrected chi connectivity index (χ1v) is 11.8. The smallest absolute Gasteiger partial charge is 0.162 e. The number of hydrogen-bond acceptors (Lipinski definition) is 9. The van der Waals surface area contributed by atoms with Gasteiger partial charge in [-0.15, -0.1) is 0 Å². The Kier molecular flexibility index (Phi) is 6.85. The fraction of sp³-hybridized carbons (Fsp3) is 0.308. The van der Waals surface area contributed by atoms with E-state index in [0.717, 1.165) is 28.9 Å².